The molecule has 0 radical (unpaired) electrons. The predicted molar refractivity (Wildman–Crippen MR) is 114 cm³/mol. The topological polar surface area (TPSA) is 96.0 Å². The first kappa shape index (κ1) is 20.1. The fourth-order valence-corrected chi connectivity index (χ4v) is 3.03. The quantitative estimate of drug-likeness (QED) is 0.191. The van der Waals surface area contributed by atoms with Crippen LogP contribution in [-0.4, -0.2) is 26.4 Å². The zero-order valence-electron chi connectivity index (χ0n) is 16.9. The summed E-state index contributed by atoms with van der Waals surface area (Å²) in [5.74, 6) is 0.619. The summed E-state index contributed by atoms with van der Waals surface area (Å²) in [6.07, 6.45) is 3.18. The Balaban J connectivity index is 1.47. The number of carbonyl (C=O) groups is 1. The van der Waals surface area contributed by atoms with Crippen molar-refractivity contribution in [1.29, 1.82) is 0 Å². The van der Waals surface area contributed by atoms with Gasteiger partial charge in [0.15, 0.2) is 0 Å². The van der Waals surface area contributed by atoms with Crippen LogP contribution in [-0.2, 0) is 0 Å². The smallest absolute Gasteiger partial charge is 0.343 e. The summed E-state index contributed by atoms with van der Waals surface area (Å²) in [6, 6.07) is 16.7. The number of ether oxygens (including phenoxy) is 2. The minimum atomic E-state index is -0.469. The van der Waals surface area contributed by atoms with E-state index in [0.717, 1.165) is 5.56 Å². The van der Waals surface area contributed by atoms with Crippen molar-refractivity contribution < 1.29 is 19.2 Å². The zero-order chi connectivity index (χ0) is 22.0. The van der Waals surface area contributed by atoms with E-state index in [9.17, 15) is 14.9 Å². The van der Waals surface area contributed by atoms with Crippen LogP contribution in [0, 0.1) is 10.1 Å². The summed E-state index contributed by atoms with van der Waals surface area (Å²) in [6.45, 7) is 3.86. The van der Waals surface area contributed by atoms with Gasteiger partial charge in [0.2, 0.25) is 0 Å². The van der Waals surface area contributed by atoms with Gasteiger partial charge in [-0.15, -0.1) is 0 Å². The molecule has 2 heterocycles. The van der Waals surface area contributed by atoms with Crippen LogP contribution in [0.5, 0.6) is 11.5 Å². The standard InChI is InChI=1S/C23H19N3O5/c1-15(2)30-19-10-5-17(6-11-19)23(27)31-20-8-3-16(4-9-20)21-14-25-13-18(26(28)29)7-12-22(25)24-21/h3-15H,1-2H3. The Bertz CT molecular complexity index is 1240. The monoisotopic (exact) mass is 417 g/mol. The fraction of sp³-hybridized carbons (Fsp3) is 0.130. The summed E-state index contributed by atoms with van der Waals surface area (Å²) >= 11 is 0. The molecule has 0 saturated carbocycles. The van der Waals surface area contributed by atoms with E-state index < -0.39 is 10.9 Å². The summed E-state index contributed by atoms with van der Waals surface area (Å²) in [5, 5.41) is 10.9. The van der Waals surface area contributed by atoms with Gasteiger partial charge in [-0.25, -0.2) is 9.78 Å². The lowest BCUT2D eigenvalue weighted by atomic mass is 10.1. The molecule has 4 rings (SSSR count). The Morgan fingerprint density at radius 2 is 1.65 bits per heavy atom. The van der Waals surface area contributed by atoms with E-state index in [1.165, 1.54) is 12.3 Å². The third-order valence-electron chi connectivity index (χ3n) is 4.47. The van der Waals surface area contributed by atoms with Crippen LogP contribution in [0.1, 0.15) is 24.2 Å². The van der Waals surface area contributed by atoms with E-state index in [1.807, 2.05) is 13.8 Å². The molecule has 0 atom stereocenters. The molecule has 0 saturated heterocycles. The normalized spacial score (nSPS) is 10.9. The van der Waals surface area contributed by atoms with Crippen LogP contribution in [0.3, 0.4) is 0 Å². The molecule has 0 spiro atoms. The molecule has 0 fully saturated rings. The van der Waals surface area contributed by atoms with E-state index >= 15 is 0 Å². The van der Waals surface area contributed by atoms with Crippen molar-refractivity contribution in [1.82, 2.24) is 9.38 Å². The number of hydrogen-bond donors (Lipinski definition) is 0. The summed E-state index contributed by atoms with van der Waals surface area (Å²) in [5.41, 5.74) is 2.45. The molecule has 156 valence electrons. The van der Waals surface area contributed by atoms with Gasteiger partial charge in [0.25, 0.3) is 5.69 Å². The molecule has 8 heteroatoms. The van der Waals surface area contributed by atoms with Crippen molar-refractivity contribution in [2.24, 2.45) is 0 Å². The fourth-order valence-electron chi connectivity index (χ4n) is 3.03. The first-order valence-electron chi connectivity index (χ1n) is 9.61. The maximum absolute atomic E-state index is 12.4. The number of nitrogens with zero attached hydrogens (tertiary/aromatic N) is 3. The van der Waals surface area contributed by atoms with Gasteiger partial charge in [0, 0.05) is 17.8 Å². The van der Waals surface area contributed by atoms with Crippen LogP contribution >= 0.6 is 0 Å². The van der Waals surface area contributed by atoms with E-state index in [2.05, 4.69) is 4.98 Å². The van der Waals surface area contributed by atoms with Crippen molar-refractivity contribution >= 4 is 17.3 Å². The van der Waals surface area contributed by atoms with Crippen molar-refractivity contribution in [3.05, 3.63) is 88.7 Å². The van der Waals surface area contributed by atoms with Gasteiger partial charge in [-0.3, -0.25) is 14.5 Å². The Morgan fingerprint density at radius 1 is 0.968 bits per heavy atom. The van der Waals surface area contributed by atoms with Gasteiger partial charge in [-0.05, 0) is 68.4 Å². The molecule has 8 nitrogen and oxygen atoms in total. The second-order valence-corrected chi connectivity index (χ2v) is 7.14. The number of nitro groups is 1. The predicted octanol–water partition coefficient (Wildman–Crippen LogP) is 4.92. The van der Waals surface area contributed by atoms with Crippen molar-refractivity contribution in [3.8, 4) is 22.8 Å². The molecule has 0 amide bonds. The molecule has 4 aromatic rings. The number of rotatable bonds is 6. The Hall–Kier alpha value is -4.20. The van der Waals surface area contributed by atoms with Gasteiger partial charge in [0.1, 0.15) is 17.1 Å². The summed E-state index contributed by atoms with van der Waals surface area (Å²) in [7, 11) is 0. The lowest BCUT2D eigenvalue weighted by Crippen LogP contribution is -2.09. The number of hydrogen-bond acceptors (Lipinski definition) is 6. The Kier molecular flexibility index (Phi) is 5.36. The van der Waals surface area contributed by atoms with Crippen LogP contribution in [0.15, 0.2) is 73.1 Å². The third kappa shape index (κ3) is 4.53. The average molecular weight is 417 g/mol. The first-order chi connectivity index (χ1) is 14.9. The number of esters is 1. The molecule has 0 unspecified atom stereocenters. The number of fused-ring (bicyclic) bond motifs is 1. The minimum absolute atomic E-state index is 0.0116. The molecular weight excluding hydrogens is 398 g/mol. The number of pyridine rings is 1. The largest absolute Gasteiger partial charge is 0.491 e. The highest BCUT2D eigenvalue weighted by molar-refractivity contribution is 5.91. The van der Waals surface area contributed by atoms with Gasteiger partial charge in [0.05, 0.1) is 28.5 Å². The number of carbonyl (C=O) groups excluding carboxylic acids is 1. The van der Waals surface area contributed by atoms with Crippen LogP contribution in [0.4, 0.5) is 5.69 Å². The molecule has 2 aromatic carbocycles. The Morgan fingerprint density at radius 3 is 2.29 bits per heavy atom. The van der Waals surface area contributed by atoms with Crippen molar-refractivity contribution in [3.63, 3.8) is 0 Å². The van der Waals surface area contributed by atoms with Gasteiger partial charge < -0.3 is 9.47 Å². The number of benzene rings is 2. The highest BCUT2D eigenvalue weighted by atomic mass is 16.6. The lowest BCUT2D eigenvalue weighted by Gasteiger charge is -2.10. The minimum Gasteiger partial charge on any atom is -0.491 e. The maximum atomic E-state index is 12.4. The van der Waals surface area contributed by atoms with E-state index in [1.54, 1.807) is 65.2 Å². The molecular formula is C23H19N3O5. The molecule has 0 bridgehead atoms. The second-order valence-electron chi connectivity index (χ2n) is 7.14. The average Bonchev–Trinajstić information content (AvgIpc) is 3.17. The molecule has 2 aromatic heterocycles. The SMILES string of the molecule is CC(C)Oc1ccc(C(=O)Oc2ccc(-c3cn4cc([N+](=O)[O-])ccc4n3)cc2)cc1. The third-order valence-corrected chi connectivity index (χ3v) is 4.47. The molecule has 31 heavy (non-hydrogen) atoms. The van der Waals surface area contributed by atoms with E-state index in [4.69, 9.17) is 9.47 Å². The molecule has 0 aliphatic carbocycles. The Labute approximate surface area is 177 Å². The van der Waals surface area contributed by atoms with E-state index in [0.29, 0.717) is 28.4 Å². The van der Waals surface area contributed by atoms with Gasteiger partial charge in [-0.2, -0.15) is 0 Å². The molecule has 0 N–H and O–H groups in total. The second kappa shape index (κ2) is 8.27. The first-order valence-corrected chi connectivity index (χ1v) is 9.61. The van der Waals surface area contributed by atoms with Crippen molar-refractivity contribution in [2.75, 3.05) is 0 Å². The molecule has 0 aliphatic heterocycles. The summed E-state index contributed by atoms with van der Waals surface area (Å²) < 4.78 is 12.6. The maximum Gasteiger partial charge on any atom is 0.343 e. The highest BCUT2D eigenvalue weighted by Crippen LogP contribution is 2.24. The van der Waals surface area contributed by atoms with Crippen molar-refractivity contribution in [2.45, 2.75) is 20.0 Å². The zero-order valence-corrected chi connectivity index (χ0v) is 16.9. The van der Waals surface area contributed by atoms with Crippen LogP contribution < -0.4 is 9.47 Å². The van der Waals surface area contributed by atoms with Gasteiger partial charge in [-0.1, -0.05) is 0 Å². The highest BCUT2D eigenvalue weighted by Gasteiger charge is 2.12. The summed E-state index contributed by atoms with van der Waals surface area (Å²) in [4.78, 5) is 27.3. The van der Waals surface area contributed by atoms with Gasteiger partial charge >= 0.3 is 5.97 Å². The molecule has 0 aliphatic rings. The number of aromatic nitrogens is 2. The number of imidazole rings is 1. The van der Waals surface area contributed by atoms with Crippen LogP contribution in [0.25, 0.3) is 16.9 Å². The van der Waals surface area contributed by atoms with Crippen LogP contribution in [0.2, 0.25) is 0 Å². The lowest BCUT2D eigenvalue weighted by molar-refractivity contribution is -0.385. The van der Waals surface area contributed by atoms with E-state index in [-0.39, 0.29) is 11.8 Å².